The van der Waals surface area contributed by atoms with Crippen LogP contribution in [0.25, 0.3) is 0 Å². The first-order valence-electron chi connectivity index (χ1n) is 7.11. The van der Waals surface area contributed by atoms with Gasteiger partial charge in [-0.15, -0.1) is 0 Å². The predicted molar refractivity (Wildman–Crippen MR) is 80.9 cm³/mol. The number of fused-ring (bicyclic) bond motifs is 1. The van der Waals surface area contributed by atoms with Crippen molar-refractivity contribution in [3.63, 3.8) is 0 Å². The van der Waals surface area contributed by atoms with Gasteiger partial charge >= 0.3 is 5.97 Å². The first-order chi connectivity index (χ1) is 11.5. The van der Waals surface area contributed by atoms with Gasteiger partial charge in [0.2, 0.25) is 6.10 Å². The Morgan fingerprint density at radius 1 is 1.21 bits per heavy atom. The summed E-state index contributed by atoms with van der Waals surface area (Å²) in [5.74, 6) is -2.80. The number of ether oxygens (including phenoxy) is 2. The number of esters is 1. The first kappa shape index (κ1) is 15.9. The maximum absolute atomic E-state index is 13.9. The Morgan fingerprint density at radius 2 is 1.96 bits per heavy atom. The molecule has 1 aliphatic rings. The minimum atomic E-state index is -1.03. The van der Waals surface area contributed by atoms with Crippen LogP contribution in [0, 0.1) is 11.6 Å². The highest BCUT2D eigenvalue weighted by Gasteiger charge is 2.35. The summed E-state index contributed by atoms with van der Waals surface area (Å²) in [5, 5.41) is 0. The fraction of sp³-hybridized carbons (Fsp3) is 0.176. The van der Waals surface area contributed by atoms with Crippen LogP contribution in [0.2, 0.25) is 0 Å². The number of carbonyl (C=O) groups excluding carboxylic acids is 2. The molecular weight excluding hydrogens is 320 g/mol. The molecule has 0 spiro atoms. The van der Waals surface area contributed by atoms with E-state index in [9.17, 15) is 18.4 Å². The van der Waals surface area contributed by atoms with Crippen molar-refractivity contribution in [1.82, 2.24) is 0 Å². The third-order valence-electron chi connectivity index (χ3n) is 3.64. The van der Waals surface area contributed by atoms with Crippen LogP contribution in [0.1, 0.15) is 10.4 Å². The molecule has 1 heterocycles. The Bertz CT molecular complexity index is 809. The maximum atomic E-state index is 13.9. The van der Waals surface area contributed by atoms with Gasteiger partial charge in [-0.1, -0.05) is 12.1 Å². The van der Waals surface area contributed by atoms with Gasteiger partial charge < -0.3 is 14.4 Å². The van der Waals surface area contributed by atoms with Gasteiger partial charge in [0.05, 0.1) is 24.9 Å². The van der Waals surface area contributed by atoms with E-state index < -0.39 is 29.6 Å². The fourth-order valence-corrected chi connectivity index (χ4v) is 2.49. The molecule has 2 aromatic carbocycles. The van der Waals surface area contributed by atoms with Crippen LogP contribution in [-0.4, -0.2) is 31.6 Å². The molecular formula is C17H13F2NO4. The molecule has 0 saturated carbocycles. The van der Waals surface area contributed by atoms with Gasteiger partial charge in [0, 0.05) is 6.07 Å². The summed E-state index contributed by atoms with van der Waals surface area (Å²) in [6.45, 7) is -0.140. The highest BCUT2D eigenvalue weighted by molar-refractivity contribution is 6.07. The highest BCUT2D eigenvalue weighted by atomic mass is 19.1. The molecule has 1 aliphatic heterocycles. The predicted octanol–water partition coefficient (Wildman–Crippen LogP) is 2.55. The number of nitrogens with zero attached hydrogens (tertiary/aromatic N) is 1. The van der Waals surface area contributed by atoms with Gasteiger partial charge in [0.1, 0.15) is 17.4 Å². The Balaban J connectivity index is 2.01. The summed E-state index contributed by atoms with van der Waals surface area (Å²) in [7, 11) is 1.21. The molecule has 24 heavy (non-hydrogen) atoms. The van der Waals surface area contributed by atoms with Crippen LogP contribution in [0.15, 0.2) is 42.5 Å². The Morgan fingerprint density at radius 3 is 2.67 bits per heavy atom. The van der Waals surface area contributed by atoms with Gasteiger partial charge in [-0.05, 0) is 24.3 Å². The lowest BCUT2D eigenvalue weighted by atomic mass is 10.1. The van der Waals surface area contributed by atoms with Crippen molar-refractivity contribution in [3.05, 3.63) is 59.7 Å². The summed E-state index contributed by atoms with van der Waals surface area (Å²) >= 11 is 0. The van der Waals surface area contributed by atoms with Crippen molar-refractivity contribution in [2.75, 3.05) is 18.6 Å². The number of amides is 1. The van der Waals surface area contributed by atoms with Crippen molar-refractivity contribution in [3.8, 4) is 5.75 Å². The van der Waals surface area contributed by atoms with E-state index in [0.717, 1.165) is 12.1 Å². The van der Waals surface area contributed by atoms with E-state index in [1.165, 1.54) is 12.0 Å². The van der Waals surface area contributed by atoms with Crippen molar-refractivity contribution in [2.45, 2.75) is 6.10 Å². The summed E-state index contributed by atoms with van der Waals surface area (Å²) in [5.41, 5.74) is 0.100. The van der Waals surface area contributed by atoms with Crippen LogP contribution in [-0.2, 0) is 9.53 Å². The van der Waals surface area contributed by atoms with Crippen LogP contribution in [0.3, 0.4) is 0 Å². The minimum absolute atomic E-state index is 0.140. The van der Waals surface area contributed by atoms with E-state index >= 15 is 0 Å². The molecule has 5 nitrogen and oxygen atoms in total. The Kier molecular flexibility index (Phi) is 4.16. The molecule has 1 atom stereocenters. The summed E-state index contributed by atoms with van der Waals surface area (Å²) in [4.78, 5) is 25.7. The van der Waals surface area contributed by atoms with Gasteiger partial charge in [-0.3, -0.25) is 4.79 Å². The lowest BCUT2D eigenvalue weighted by Gasteiger charge is -2.33. The molecule has 3 rings (SSSR count). The number of para-hydroxylation sites is 2. The molecule has 0 saturated heterocycles. The molecule has 124 valence electrons. The lowest BCUT2D eigenvalue weighted by Crippen LogP contribution is -2.47. The van der Waals surface area contributed by atoms with Gasteiger partial charge in [-0.2, -0.15) is 0 Å². The zero-order chi connectivity index (χ0) is 17.3. The minimum Gasteiger partial charge on any atom is -0.475 e. The highest BCUT2D eigenvalue weighted by Crippen LogP contribution is 2.34. The molecule has 0 N–H and O–H groups in total. The molecule has 0 radical (unpaired) electrons. The zero-order valence-corrected chi connectivity index (χ0v) is 12.7. The van der Waals surface area contributed by atoms with E-state index in [1.807, 2.05) is 0 Å². The Labute approximate surface area is 136 Å². The second kappa shape index (κ2) is 6.27. The second-order valence-corrected chi connectivity index (χ2v) is 5.14. The number of rotatable bonds is 2. The average Bonchev–Trinajstić information content (AvgIpc) is 2.59. The topological polar surface area (TPSA) is 55.8 Å². The van der Waals surface area contributed by atoms with E-state index in [2.05, 4.69) is 4.74 Å². The third kappa shape index (κ3) is 2.80. The van der Waals surface area contributed by atoms with Crippen LogP contribution in [0.4, 0.5) is 14.5 Å². The molecule has 2 aromatic rings. The molecule has 0 unspecified atom stereocenters. The molecule has 0 bridgehead atoms. The lowest BCUT2D eigenvalue weighted by molar-refractivity contribution is -0.148. The third-order valence-corrected chi connectivity index (χ3v) is 3.64. The SMILES string of the molecule is COC(=O)[C@H]1CN(C(=O)c2ccc(F)cc2F)c2ccccc2O1. The molecule has 0 aliphatic carbocycles. The van der Waals surface area contributed by atoms with E-state index in [-0.39, 0.29) is 12.1 Å². The summed E-state index contributed by atoms with van der Waals surface area (Å²) < 4.78 is 37.2. The average molecular weight is 333 g/mol. The smallest absolute Gasteiger partial charge is 0.348 e. The quantitative estimate of drug-likeness (QED) is 0.793. The largest absolute Gasteiger partial charge is 0.475 e. The first-order valence-corrected chi connectivity index (χ1v) is 7.11. The van der Waals surface area contributed by atoms with E-state index in [0.29, 0.717) is 17.5 Å². The van der Waals surface area contributed by atoms with Gasteiger partial charge in [-0.25, -0.2) is 13.6 Å². The number of methoxy groups -OCH3 is 1. The number of anilines is 1. The maximum Gasteiger partial charge on any atom is 0.348 e. The number of hydrogen-bond donors (Lipinski definition) is 0. The van der Waals surface area contributed by atoms with Crippen molar-refractivity contribution in [1.29, 1.82) is 0 Å². The summed E-state index contributed by atoms with van der Waals surface area (Å²) in [6.07, 6.45) is -1.03. The Hall–Kier alpha value is -2.96. The normalized spacial score (nSPS) is 16.1. The van der Waals surface area contributed by atoms with Gasteiger partial charge in [0.25, 0.3) is 5.91 Å². The van der Waals surface area contributed by atoms with E-state index in [1.54, 1.807) is 24.3 Å². The zero-order valence-electron chi connectivity index (χ0n) is 12.7. The molecule has 0 fully saturated rings. The number of halogens is 2. The van der Waals surface area contributed by atoms with Crippen molar-refractivity contribution in [2.24, 2.45) is 0 Å². The van der Waals surface area contributed by atoms with Crippen molar-refractivity contribution >= 4 is 17.6 Å². The number of benzene rings is 2. The fourth-order valence-electron chi connectivity index (χ4n) is 2.49. The number of carbonyl (C=O) groups is 2. The summed E-state index contributed by atoms with van der Waals surface area (Å²) in [6, 6.07) is 9.27. The van der Waals surface area contributed by atoms with Crippen LogP contribution >= 0.6 is 0 Å². The van der Waals surface area contributed by atoms with Crippen LogP contribution in [0.5, 0.6) is 5.75 Å². The molecule has 1 amide bonds. The number of hydrogen-bond acceptors (Lipinski definition) is 4. The standard InChI is InChI=1S/C17H13F2NO4/c1-23-17(22)15-9-20(13-4-2-3-5-14(13)24-15)16(21)11-7-6-10(18)8-12(11)19/h2-8,15H,9H2,1H3/t15-/m1/s1. The van der Waals surface area contributed by atoms with E-state index in [4.69, 9.17) is 4.74 Å². The molecule has 7 heteroatoms. The monoisotopic (exact) mass is 333 g/mol. The molecule has 0 aromatic heterocycles. The van der Waals surface area contributed by atoms with Crippen molar-refractivity contribution < 1.29 is 27.8 Å². The second-order valence-electron chi connectivity index (χ2n) is 5.14. The van der Waals surface area contributed by atoms with Gasteiger partial charge in [0.15, 0.2) is 0 Å². The van der Waals surface area contributed by atoms with Crippen LogP contribution < -0.4 is 9.64 Å².